The van der Waals surface area contributed by atoms with E-state index in [1.165, 1.54) is 48.4 Å². The topological polar surface area (TPSA) is 22.1 Å². The molecule has 1 aromatic heterocycles. The molecule has 3 aromatic rings. The highest BCUT2D eigenvalue weighted by Crippen LogP contribution is 2.27. The molecular weight excluding hydrogens is 318 g/mol. The van der Waals surface area contributed by atoms with Gasteiger partial charge in [-0.05, 0) is 55.0 Å². The van der Waals surface area contributed by atoms with Crippen LogP contribution in [0, 0.1) is 6.92 Å². The first-order valence-corrected chi connectivity index (χ1v) is 9.59. The van der Waals surface area contributed by atoms with E-state index in [9.17, 15) is 0 Å². The molecule has 1 aliphatic carbocycles. The Labute approximate surface area is 155 Å². The maximum Gasteiger partial charge on any atom is 0.126 e. The summed E-state index contributed by atoms with van der Waals surface area (Å²) in [5.74, 6) is 0.976. The summed E-state index contributed by atoms with van der Waals surface area (Å²) in [5.41, 5.74) is 3.26. The number of nitrogens with zero attached hydrogens (tertiary/aromatic N) is 1. The highest BCUT2D eigenvalue weighted by Gasteiger charge is 2.16. The van der Waals surface area contributed by atoms with Gasteiger partial charge in [-0.1, -0.05) is 55.0 Å². The normalized spacial score (nSPS) is 15.6. The van der Waals surface area contributed by atoms with Crippen molar-refractivity contribution < 1.29 is 4.74 Å². The van der Waals surface area contributed by atoms with E-state index >= 15 is 0 Å². The summed E-state index contributed by atoms with van der Waals surface area (Å²) in [5, 5.41) is 2.52. The van der Waals surface area contributed by atoms with Gasteiger partial charge in [-0.2, -0.15) is 0 Å². The Bertz CT molecular complexity index is 917. The summed E-state index contributed by atoms with van der Waals surface area (Å²) in [6.07, 6.45) is 12.7. The Morgan fingerprint density at radius 2 is 1.77 bits per heavy atom. The molecule has 1 saturated carbocycles. The molecular formula is C24H25NO. The number of pyridine rings is 1. The lowest BCUT2D eigenvalue weighted by Crippen LogP contribution is -2.20. The minimum absolute atomic E-state index is 0.361. The molecule has 0 aliphatic heterocycles. The monoisotopic (exact) mass is 343 g/mol. The Morgan fingerprint density at radius 1 is 0.962 bits per heavy atom. The minimum Gasteiger partial charge on any atom is -0.490 e. The van der Waals surface area contributed by atoms with Crippen LogP contribution in [-0.4, -0.2) is 11.1 Å². The summed E-state index contributed by atoms with van der Waals surface area (Å²) in [7, 11) is 0. The molecule has 4 rings (SSSR count). The van der Waals surface area contributed by atoms with Crippen molar-refractivity contribution in [3.63, 3.8) is 0 Å². The molecule has 0 saturated heterocycles. The lowest BCUT2D eigenvalue weighted by atomic mass is 9.98. The molecule has 0 radical (unpaired) electrons. The van der Waals surface area contributed by atoms with E-state index in [0.717, 1.165) is 17.0 Å². The van der Waals surface area contributed by atoms with Crippen molar-refractivity contribution >= 4 is 22.9 Å². The highest BCUT2D eigenvalue weighted by molar-refractivity contribution is 5.92. The van der Waals surface area contributed by atoms with E-state index in [2.05, 4.69) is 72.6 Å². The van der Waals surface area contributed by atoms with Gasteiger partial charge in [-0.25, -0.2) is 0 Å². The highest BCUT2D eigenvalue weighted by atomic mass is 16.5. The van der Waals surface area contributed by atoms with E-state index in [0.29, 0.717) is 6.10 Å². The van der Waals surface area contributed by atoms with Crippen LogP contribution in [0.4, 0.5) is 0 Å². The van der Waals surface area contributed by atoms with E-state index < -0.39 is 0 Å². The molecule has 0 bridgehead atoms. The first kappa shape index (κ1) is 16.8. The van der Waals surface area contributed by atoms with Gasteiger partial charge in [0.05, 0.1) is 11.8 Å². The molecule has 2 aromatic carbocycles. The van der Waals surface area contributed by atoms with Gasteiger partial charge in [-0.3, -0.25) is 4.98 Å². The largest absolute Gasteiger partial charge is 0.490 e. The fourth-order valence-corrected chi connectivity index (χ4v) is 3.67. The number of ether oxygens (including phenoxy) is 1. The quantitative estimate of drug-likeness (QED) is 0.545. The number of aryl methyl sites for hydroxylation is 1. The van der Waals surface area contributed by atoms with Crippen LogP contribution in [0.3, 0.4) is 0 Å². The zero-order valence-corrected chi connectivity index (χ0v) is 15.3. The van der Waals surface area contributed by atoms with E-state index in [1.807, 2.05) is 6.20 Å². The lowest BCUT2D eigenvalue weighted by molar-refractivity contribution is 0.154. The van der Waals surface area contributed by atoms with Crippen molar-refractivity contribution in [2.75, 3.05) is 0 Å². The molecule has 26 heavy (non-hydrogen) atoms. The van der Waals surface area contributed by atoms with Crippen LogP contribution in [0.2, 0.25) is 0 Å². The molecule has 1 heterocycles. The molecule has 2 nitrogen and oxygen atoms in total. The average molecular weight is 343 g/mol. The second-order valence-electron chi connectivity index (χ2n) is 7.15. The van der Waals surface area contributed by atoms with Gasteiger partial charge in [0, 0.05) is 17.8 Å². The summed E-state index contributed by atoms with van der Waals surface area (Å²) in [6, 6.07) is 16.9. The number of benzene rings is 2. The SMILES string of the molecule is Cc1cnc(/C=C/c2cccc3ccccc23)cc1OC1CCCCC1. The van der Waals surface area contributed by atoms with E-state index in [4.69, 9.17) is 4.74 Å². The summed E-state index contributed by atoms with van der Waals surface area (Å²) < 4.78 is 6.28. The molecule has 0 unspecified atom stereocenters. The zero-order chi connectivity index (χ0) is 17.8. The molecule has 1 fully saturated rings. The van der Waals surface area contributed by atoms with Crippen LogP contribution in [-0.2, 0) is 0 Å². The van der Waals surface area contributed by atoms with Crippen molar-refractivity contribution in [3.8, 4) is 5.75 Å². The first-order chi connectivity index (χ1) is 12.8. The van der Waals surface area contributed by atoms with Crippen LogP contribution in [0.15, 0.2) is 54.7 Å². The van der Waals surface area contributed by atoms with Gasteiger partial charge in [0.25, 0.3) is 0 Å². The molecule has 0 spiro atoms. The second-order valence-corrected chi connectivity index (χ2v) is 7.15. The third-order valence-electron chi connectivity index (χ3n) is 5.18. The van der Waals surface area contributed by atoms with Crippen molar-refractivity contribution in [1.29, 1.82) is 0 Å². The Morgan fingerprint density at radius 3 is 2.65 bits per heavy atom. The lowest BCUT2D eigenvalue weighted by Gasteiger charge is -2.23. The Balaban J connectivity index is 1.57. The van der Waals surface area contributed by atoms with Crippen LogP contribution in [0.25, 0.3) is 22.9 Å². The zero-order valence-electron chi connectivity index (χ0n) is 15.3. The van der Waals surface area contributed by atoms with Crippen LogP contribution >= 0.6 is 0 Å². The molecule has 1 aliphatic rings. The molecule has 0 amide bonds. The number of rotatable bonds is 4. The predicted molar refractivity (Wildman–Crippen MR) is 109 cm³/mol. The third-order valence-corrected chi connectivity index (χ3v) is 5.18. The number of aromatic nitrogens is 1. The predicted octanol–water partition coefficient (Wildman–Crippen LogP) is 6.43. The van der Waals surface area contributed by atoms with Gasteiger partial charge in [0.1, 0.15) is 5.75 Å². The van der Waals surface area contributed by atoms with Crippen molar-refractivity contribution in [3.05, 3.63) is 71.5 Å². The van der Waals surface area contributed by atoms with E-state index in [-0.39, 0.29) is 0 Å². The Hall–Kier alpha value is -2.61. The summed E-state index contributed by atoms with van der Waals surface area (Å²) >= 11 is 0. The van der Waals surface area contributed by atoms with Crippen LogP contribution < -0.4 is 4.74 Å². The fraction of sp³-hybridized carbons (Fsp3) is 0.292. The van der Waals surface area contributed by atoms with Crippen LogP contribution in [0.5, 0.6) is 5.75 Å². The first-order valence-electron chi connectivity index (χ1n) is 9.59. The molecule has 0 atom stereocenters. The van der Waals surface area contributed by atoms with E-state index in [1.54, 1.807) is 0 Å². The third kappa shape index (κ3) is 3.80. The number of fused-ring (bicyclic) bond motifs is 1. The van der Waals surface area contributed by atoms with Gasteiger partial charge in [0.15, 0.2) is 0 Å². The maximum absolute atomic E-state index is 6.28. The van der Waals surface area contributed by atoms with Crippen molar-refractivity contribution in [2.45, 2.75) is 45.1 Å². The van der Waals surface area contributed by atoms with Gasteiger partial charge in [-0.15, -0.1) is 0 Å². The number of hydrogen-bond donors (Lipinski definition) is 0. The molecule has 2 heteroatoms. The standard InChI is InChI=1S/C24H25NO/c1-18-17-25-21(16-24(18)26-22-11-3-2-4-12-22)15-14-20-10-7-9-19-8-5-6-13-23(19)20/h5-10,13-17,22H,2-4,11-12H2,1H3/b15-14+. The van der Waals surface area contributed by atoms with Crippen LogP contribution in [0.1, 0.15) is 48.9 Å². The second kappa shape index (κ2) is 7.74. The number of hydrogen-bond acceptors (Lipinski definition) is 2. The Kier molecular flexibility index (Phi) is 5.01. The molecule has 0 N–H and O–H groups in total. The van der Waals surface area contributed by atoms with Gasteiger partial charge < -0.3 is 4.74 Å². The maximum atomic E-state index is 6.28. The van der Waals surface area contributed by atoms with Gasteiger partial charge >= 0.3 is 0 Å². The summed E-state index contributed by atoms with van der Waals surface area (Å²) in [4.78, 5) is 4.56. The average Bonchev–Trinajstić information content (AvgIpc) is 2.69. The fourth-order valence-electron chi connectivity index (χ4n) is 3.67. The van der Waals surface area contributed by atoms with Crippen molar-refractivity contribution in [2.24, 2.45) is 0 Å². The minimum atomic E-state index is 0.361. The summed E-state index contributed by atoms with van der Waals surface area (Å²) in [6.45, 7) is 2.07. The van der Waals surface area contributed by atoms with Crippen molar-refractivity contribution in [1.82, 2.24) is 4.98 Å². The van der Waals surface area contributed by atoms with Gasteiger partial charge in [0.2, 0.25) is 0 Å². The smallest absolute Gasteiger partial charge is 0.126 e. The molecule has 132 valence electrons.